The number of nitrogens with zero attached hydrogens (tertiary/aromatic N) is 1. The highest BCUT2D eigenvalue weighted by Crippen LogP contribution is 2.75. The molecule has 6 aliphatic rings. The van der Waals surface area contributed by atoms with Crippen molar-refractivity contribution in [3.8, 4) is 11.5 Å². The van der Waals surface area contributed by atoms with Gasteiger partial charge in [0.2, 0.25) is 0 Å². The first-order chi connectivity index (χ1) is 18.1. The highest BCUT2D eigenvalue weighted by Gasteiger charge is 2.79. The third kappa shape index (κ3) is 2.77. The van der Waals surface area contributed by atoms with Crippen molar-refractivity contribution in [3.05, 3.63) is 65.2 Å². The van der Waals surface area contributed by atoms with Gasteiger partial charge in [0.05, 0.1) is 23.5 Å². The molecule has 8 heteroatoms. The van der Waals surface area contributed by atoms with E-state index in [1.165, 1.54) is 11.1 Å². The molecule has 1 unspecified atom stereocenters. The Morgan fingerprint density at radius 1 is 1.11 bits per heavy atom. The van der Waals surface area contributed by atoms with Crippen LogP contribution >= 0.6 is 0 Å². The molecule has 8 rings (SSSR count). The van der Waals surface area contributed by atoms with Gasteiger partial charge in [-0.25, -0.2) is 0 Å². The lowest BCUT2D eigenvalue weighted by molar-refractivity contribution is -0.226. The largest absolute Gasteiger partial charge is 0.493 e. The van der Waals surface area contributed by atoms with Crippen LogP contribution in [0.5, 0.6) is 11.5 Å². The molecular weight excluding hydrogens is 502 g/mol. The predicted octanol–water partition coefficient (Wildman–Crippen LogP) is 4.02. The van der Waals surface area contributed by atoms with E-state index in [9.17, 15) is 8.42 Å². The number of likely N-dealkylation sites (N-methyl/N-ethyl adjacent to an activating group) is 1. The number of methoxy groups -OCH3 is 2. The lowest BCUT2D eigenvalue weighted by Gasteiger charge is -2.71. The van der Waals surface area contributed by atoms with Crippen LogP contribution in [-0.2, 0) is 30.9 Å². The summed E-state index contributed by atoms with van der Waals surface area (Å²) < 4.78 is 51.8. The molecule has 7 atom stereocenters. The van der Waals surface area contributed by atoms with E-state index in [0.717, 1.165) is 42.9 Å². The normalized spacial score (nSPS) is 37.0. The summed E-state index contributed by atoms with van der Waals surface area (Å²) in [7, 11) is 1.65. The van der Waals surface area contributed by atoms with Crippen molar-refractivity contribution in [2.45, 2.75) is 67.3 Å². The van der Waals surface area contributed by atoms with Crippen molar-refractivity contribution < 1.29 is 26.8 Å². The molecule has 38 heavy (non-hydrogen) atoms. The molecule has 2 aliphatic heterocycles. The fourth-order valence-electron chi connectivity index (χ4n) is 8.82. The number of ether oxygens (including phenoxy) is 3. The standard InChI is InChI=1S/C30H35NO6S/c1-18-6-9-21(10-7-18)38(32,33)37-19(2)22-17-28-12-13-30(22,35-5)27-29(28)14-15-31(3)24(28)16-20-8-11-23(34-4)26(36-27)25(20)29/h6-13,19,22,24,27H,14-17H2,1-5H3/t19-,22?,24+,27+,28+,29-,30+/m0/s1. The van der Waals surface area contributed by atoms with Crippen molar-refractivity contribution in [1.29, 1.82) is 0 Å². The van der Waals surface area contributed by atoms with Gasteiger partial charge in [-0.1, -0.05) is 35.9 Å². The molecule has 202 valence electrons. The van der Waals surface area contributed by atoms with Gasteiger partial charge in [-0.05, 0) is 70.5 Å². The van der Waals surface area contributed by atoms with Gasteiger partial charge >= 0.3 is 0 Å². The van der Waals surface area contributed by atoms with E-state index in [2.05, 4.69) is 30.2 Å². The van der Waals surface area contributed by atoms with Crippen molar-refractivity contribution in [3.63, 3.8) is 0 Å². The van der Waals surface area contributed by atoms with Gasteiger partial charge in [0.25, 0.3) is 10.1 Å². The highest BCUT2D eigenvalue weighted by molar-refractivity contribution is 7.86. The second-order valence-corrected chi connectivity index (χ2v) is 13.4. The van der Waals surface area contributed by atoms with Crippen LogP contribution in [0, 0.1) is 18.3 Å². The van der Waals surface area contributed by atoms with Crippen LogP contribution in [0.1, 0.15) is 36.5 Å². The summed E-state index contributed by atoms with van der Waals surface area (Å²) in [6, 6.07) is 11.3. The smallest absolute Gasteiger partial charge is 0.297 e. The average Bonchev–Trinajstić information content (AvgIpc) is 3.27. The number of hydrogen-bond acceptors (Lipinski definition) is 7. The molecule has 2 heterocycles. The topological polar surface area (TPSA) is 74.3 Å². The minimum Gasteiger partial charge on any atom is -0.493 e. The summed E-state index contributed by atoms with van der Waals surface area (Å²) in [4.78, 5) is 2.65. The Labute approximate surface area is 224 Å². The molecular formula is C30H35NO6S. The van der Waals surface area contributed by atoms with Gasteiger partial charge in [-0.3, -0.25) is 4.18 Å². The Morgan fingerprint density at radius 2 is 1.87 bits per heavy atom. The molecule has 2 spiro atoms. The lowest BCUT2D eigenvalue weighted by atomic mass is 9.37. The van der Waals surface area contributed by atoms with E-state index in [1.54, 1.807) is 38.5 Å². The van der Waals surface area contributed by atoms with E-state index in [-0.39, 0.29) is 33.8 Å². The Balaban J connectivity index is 1.36. The average molecular weight is 538 g/mol. The van der Waals surface area contributed by atoms with Gasteiger partial charge in [0.15, 0.2) is 11.5 Å². The van der Waals surface area contributed by atoms with E-state index < -0.39 is 21.8 Å². The zero-order chi connectivity index (χ0) is 26.7. The summed E-state index contributed by atoms with van der Waals surface area (Å²) in [5.74, 6) is 1.34. The molecule has 2 aromatic rings. The molecule has 2 fully saturated rings. The Bertz CT molecular complexity index is 1450. The maximum Gasteiger partial charge on any atom is 0.297 e. The maximum absolute atomic E-state index is 13.4. The molecule has 0 radical (unpaired) electrons. The predicted molar refractivity (Wildman–Crippen MR) is 142 cm³/mol. The van der Waals surface area contributed by atoms with Crippen LogP contribution in [0.15, 0.2) is 53.4 Å². The number of benzene rings is 2. The maximum atomic E-state index is 13.4. The summed E-state index contributed by atoms with van der Waals surface area (Å²) in [6.45, 7) is 4.76. The Morgan fingerprint density at radius 3 is 2.58 bits per heavy atom. The van der Waals surface area contributed by atoms with Gasteiger partial charge in [-0.15, -0.1) is 0 Å². The Hall–Kier alpha value is -2.39. The van der Waals surface area contributed by atoms with Crippen LogP contribution in [0.4, 0.5) is 0 Å². The number of rotatable bonds is 6. The fourth-order valence-corrected chi connectivity index (χ4v) is 9.93. The number of hydrogen-bond donors (Lipinski definition) is 0. The van der Waals surface area contributed by atoms with Crippen molar-refractivity contribution in [2.24, 2.45) is 11.3 Å². The van der Waals surface area contributed by atoms with Gasteiger partial charge in [-0.2, -0.15) is 8.42 Å². The van der Waals surface area contributed by atoms with Gasteiger partial charge in [0, 0.05) is 30.0 Å². The molecule has 4 bridgehead atoms. The van der Waals surface area contributed by atoms with E-state index in [0.29, 0.717) is 0 Å². The van der Waals surface area contributed by atoms with E-state index in [1.807, 2.05) is 19.9 Å². The van der Waals surface area contributed by atoms with Crippen LogP contribution in [0.25, 0.3) is 0 Å². The molecule has 0 N–H and O–H groups in total. The van der Waals surface area contributed by atoms with Crippen molar-refractivity contribution >= 4 is 10.1 Å². The zero-order valence-electron chi connectivity index (χ0n) is 22.6. The first kappa shape index (κ1) is 24.6. The third-order valence-electron chi connectivity index (χ3n) is 10.5. The van der Waals surface area contributed by atoms with Crippen molar-refractivity contribution in [1.82, 2.24) is 4.90 Å². The van der Waals surface area contributed by atoms with E-state index >= 15 is 0 Å². The number of fused-ring (bicyclic) bond motifs is 1. The second-order valence-electron chi connectivity index (χ2n) is 11.9. The summed E-state index contributed by atoms with van der Waals surface area (Å²) in [5.41, 5.74) is 2.25. The van der Waals surface area contributed by atoms with Gasteiger partial charge in [0.1, 0.15) is 11.7 Å². The van der Waals surface area contributed by atoms with Crippen LogP contribution in [0.3, 0.4) is 0 Å². The Kier molecular flexibility index (Phi) is 5.08. The summed E-state index contributed by atoms with van der Waals surface area (Å²) in [6.07, 6.45) is 6.22. The van der Waals surface area contributed by atoms with Crippen LogP contribution < -0.4 is 9.47 Å². The molecule has 0 amide bonds. The van der Waals surface area contributed by atoms with Crippen LogP contribution in [-0.4, -0.2) is 65.0 Å². The molecule has 1 saturated heterocycles. The molecule has 0 aromatic heterocycles. The number of likely N-dealkylation sites (tertiary alicyclic amines) is 1. The lowest BCUT2D eigenvalue weighted by Crippen LogP contribution is -2.79. The third-order valence-corrected chi connectivity index (χ3v) is 11.9. The zero-order valence-corrected chi connectivity index (χ0v) is 23.4. The van der Waals surface area contributed by atoms with Gasteiger partial charge < -0.3 is 19.1 Å². The first-order valence-electron chi connectivity index (χ1n) is 13.5. The first-order valence-corrected chi connectivity index (χ1v) is 14.9. The quantitative estimate of drug-likeness (QED) is 0.407. The highest BCUT2D eigenvalue weighted by atomic mass is 32.2. The number of aryl methyl sites for hydroxylation is 1. The SMILES string of the molecule is COc1ccc2c3c1O[C@@H]1[C@]34CCN(C)[C@H](C2)[C@]42C=C[C@@]1(OC)C([C@H](C)OS(=O)(=O)c1ccc(C)cc1)C2. The number of piperidine rings is 1. The monoisotopic (exact) mass is 537 g/mol. The molecule has 7 nitrogen and oxygen atoms in total. The minimum absolute atomic E-state index is 0.167. The van der Waals surface area contributed by atoms with Crippen LogP contribution in [0.2, 0.25) is 0 Å². The fraction of sp³-hybridized carbons (Fsp3) is 0.533. The summed E-state index contributed by atoms with van der Waals surface area (Å²) in [5, 5.41) is 0. The summed E-state index contributed by atoms with van der Waals surface area (Å²) >= 11 is 0. The molecule has 4 aliphatic carbocycles. The molecule has 1 saturated carbocycles. The minimum atomic E-state index is -3.96. The van der Waals surface area contributed by atoms with Crippen molar-refractivity contribution in [2.75, 3.05) is 27.8 Å². The molecule has 2 aromatic carbocycles. The van der Waals surface area contributed by atoms with E-state index in [4.69, 9.17) is 18.4 Å². The second kappa shape index (κ2) is 7.84.